The summed E-state index contributed by atoms with van der Waals surface area (Å²) in [5, 5.41) is 3.65. The van der Waals surface area contributed by atoms with Crippen LogP contribution in [0.3, 0.4) is 0 Å². The zero-order valence-corrected chi connectivity index (χ0v) is 13.9. The van der Waals surface area contributed by atoms with E-state index in [-0.39, 0.29) is 0 Å². The standard InChI is InChI=1S/C19H16ClNO2/c1-10-4-6-13(8-12(10)3)16-17(19(23)18(16)22)21-14-7-5-11(2)15(20)9-14/h4-9,21H,1-3H3. The van der Waals surface area contributed by atoms with Gasteiger partial charge in [0.05, 0.1) is 5.56 Å². The van der Waals surface area contributed by atoms with Gasteiger partial charge in [-0.2, -0.15) is 0 Å². The van der Waals surface area contributed by atoms with E-state index in [9.17, 15) is 9.59 Å². The predicted molar refractivity (Wildman–Crippen MR) is 95.7 cm³/mol. The van der Waals surface area contributed by atoms with E-state index in [0.29, 0.717) is 22.0 Å². The van der Waals surface area contributed by atoms with Crippen molar-refractivity contribution in [3.63, 3.8) is 0 Å². The predicted octanol–water partition coefficient (Wildman–Crippen LogP) is 4.27. The van der Waals surface area contributed by atoms with Crippen LogP contribution in [0, 0.1) is 20.8 Å². The summed E-state index contributed by atoms with van der Waals surface area (Å²) in [6.07, 6.45) is 0. The first kappa shape index (κ1) is 15.5. The molecule has 0 saturated carbocycles. The molecule has 0 unspecified atom stereocenters. The Labute approximate surface area is 139 Å². The number of halogens is 1. The van der Waals surface area contributed by atoms with Gasteiger partial charge in [-0.25, -0.2) is 0 Å². The molecule has 0 aliphatic rings. The second kappa shape index (κ2) is 5.67. The summed E-state index contributed by atoms with van der Waals surface area (Å²) < 4.78 is 0. The van der Waals surface area contributed by atoms with E-state index in [1.54, 1.807) is 6.07 Å². The molecule has 0 aliphatic heterocycles. The molecule has 3 aromatic carbocycles. The largest absolute Gasteiger partial charge is 0.352 e. The van der Waals surface area contributed by atoms with Crippen LogP contribution in [0.4, 0.5) is 11.4 Å². The highest BCUT2D eigenvalue weighted by Gasteiger charge is 2.22. The Morgan fingerprint density at radius 2 is 1.52 bits per heavy atom. The van der Waals surface area contributed by atoms with E-state index >= 15 is 0 Å². The van der Waals surface area contributed by atoms with Crippen molar-refractivity contribution < 1.29 is 0 Å². The Morgan fingerprint density at radius 3 is 2.17 bits per heavy atom. The molecule has 4 heteroatoms. The quantitative estimate of drug-likeness (QED) is 0.731. The fourth-order valence-electron chi connectivity index (χ4n) is 2.50. The van der Waals surface area contributed by atoms with E-state index in [0.717, 1.165) is 22.3 Å². The smallest absolute Gasteiger partial charge is 0.250 e. The molecular weight excluding hydrogens is 310 g/mol. The third-order valence-electron chi connectivity index (χ3n) is 4.15. The fraction of sp³-hybridized carbons (Fsp3) is 0.158. The van der Waals surface area contributed by atoms with Gasteiger partial charge in [-0.15, -0.1) is 0 Å². The molecule has 23 heavy (non-hydrogen) atoms. The maximum atomic E-state index is 12.0. The van der Waals surface area contributed by atoms with Crippen molar-refractivity contribution in [2.45, 2.75) is 20.8 Å². The molecule has 0 saturated heterocycles. The molecule has 0 fully saturated rings. The Bertz CT molecular complexity index is 982. The molecule has 0 radical (unpaired) electrons. The summed E-state index contributed by atoms with van der Waals surface area (Å²) >= 11 is 6.11. The van der Waals surface area contributed by atoms with Crippen LogP contribution in [0.1, 0.15) is 16.7 Å². The summed E-state index contributed by atoms with van der Waals surface area (Å²) in [4.78, 5) is 24.0. The van der Waals surface area contributed by atoms with Crippen LogP contribution in [0.5, 0.6) is 0 Å². The zero-order valence-electron chi connectivity index (χ0n) is 13.2. The van der Waals surface area contributed by atoms with Gasteiger partial charge in [0, 0.05) is 10.7 Å². The first-order valence-electron chi connectivity index (χ1n) is 7.32. The number of hydrogen-bond acceptors (Lipinski definition) is 3. The van der Waals surface area contributed by atoms with E-state index in [2.05, 4.69) is 5.32 Å². The van der Waals surface area contributed by atoms with Gasteiger partial charge in [-0.1, -0.05) is 35.9 Å². The van der Waals surface area contributed by atoms with Crippen LogP contribution in [0.2, 0.25) is 5.02 Å². The number of hydrogen-bond donors (Lipinski definition) is 1. The number of aryl methyl sites for hydroxylation is 3. The van der Waals surface area contributed by atoms with Gasteiger partial charge >= 0.3 is 0 Å². The normalized spacial score (nSPS) is 11.0. The highest BCUT2D eigenvalue weighted by molar-refractivity contribution is 6.31. The van der Waals surface area contributed by atoms with Gasteiger partial charge in [0.15, 0.2) is 0 Å². The Balaban J connectivity index is 2.03. The zero-order chi connectivity index (χ0) is 16.7. The molecule has 1 N–H and O–H groups in total. The Morgan fingerprint density at radius 1 is 0.826 bits per heavy atom. The summed E-state index contributed by atoms with van der Waals surface area (Å²) in [5.74, 6) is 0. The molecule has 0 amide bonds. The topological polar surface area (TPSA) is 46.2 Å². The lowest BCUT2D eigenvalue weighted by Gasteiger charge is -2.15. The van der Waals surface area contributed by atoms with Gasteiger partial charge in [-0.05, 0) is 55.2 Å². The number of anilines is 2. The minimum absolute atomic E-state index is 0.332. The van der Waals surface area contributed by atoms with Crippen LogP contribution in [-0.4, -0.2) is 0 Å². The molecule has 0 aliphatic carbocycles. The monoisotopic (exact) mass is 325 g/mol. The van der Waals surface area contributed by atoms with Gasteiger partial charge in [-0.3, -0.25) is 9.59 Å². The van der Waals surface area contributed by atoms with Gasteiger partial charge in [0.25, 0.3) is 5.43 Å². The average molecular weight is 326 g/mol. The lowest BCUT2D eigenvalue weighted by molar-refractivity contribution is 1.32. The maximum absolute atomic E-state index is 12.0. The molecule has 0 aromatic heterocycles. The summed E-state index contributed by atoms with van der Waals surface area (Å²) in [7, 11) is 0. The van der Waals surface area contributed by atoms with Crippen LogP contribution in [0.25, 0.3) is 11.1 Å². The van der Waals surface area contributed by atoms with E-state index in [1.165, 1.54) is 0 Å². The van der Waals surface area contributed by atoms with Crippen molar-refractivity contribution in [3.8, 4) is 11.1 Å². The molecule has 0 atom stereocenters. The van der Waals surface area contributed by atoms with Crippen LogP contribution >= 0.6 is 11.6 Å². The van der Waals surface area contributed by atoms with Gasteiger partial charge in [0.2, 0.25) is 5.43 Å². The van der Waals surface area contributed by atoms with Crippen LogP contribution in [0.15, 0.2) is 46.0 Å². The summed E-state index contributed by atoms with van der Waals surface area (Å²) in [6.45, 7) is 5.90. The number of benzene rings is 2. The van der Waals surface area contributed by atoms with Crippen molar-refractivity contribution >= 4 is 23.0 Å². The summed E-state index contributed by atoms with van der Waals surface area (Å²) in [5.41, 5.74) is 4.47. The lowest BCUT2D eigenvalue weighted by Crippen LogP contribution is -2.35. The van der Waals surface area contributed by atoms with E-state index in [4.69, 9.17) is 11.6 Å². The van der Waals surface area contributed by atoms with Crippen molar-refractivity contribution in [1.82, 2.24) is 0 Å². The molecule has 3 rings (SSSR count). The van der Waals surface area contributed by atoms with Gasteiger partial charge < -0.3 is 5.32 Å². The third-order valence-corrected chi connectivity index (χ3v) is 4.55. The van der Waals surface area contributed by atoms with E-state index < -0.39 is 10.9 Å². The van der Waals surface area contributed by atoms with Crippen molar-refractivity contribution in [2.24, 2.45) is 0 Å². The second-order valence-corrected chi connectivity index (χ2v) is 6.20. The third kappa shape index (κ3) is 2.68. The molecular formula is C19H16ClNO2. The molecule has 0 heterocycles. The lowest BCUT2D eigenvalue weighted by atomic mass is 9.95. The number of nitrogens with one attached hydrogen (secondary N) is 1. The van der Waals surface area contributed by atoms with E-state index in [1.807, 2.05) is 51.1 Å². The highest BCUT2D eigenvalue weighted by atomic mass is 35.5. The molecule has 0 spiro atoms. The molecule has 116 valence electrons. The summed E-state index contributed by atoms with van der Waals surface area (Å²) in [6, 6.07) is 11.2. The molecule has 3 nitrogen and oxygen atoms in total. The average Bonchev–Trinajstić information content (AvgIpc) is 2.53. The second-order valence-electron chi connectivity index (χ2n) is 5.80. The maximum Gasteiger partial charge on any atom is 0.250 e. The SMILES string of the molecule is Cc1ccc(-c2c(Nc3ccc(C)c(Cl)c3)c(=O)c2=O)cc1C. The Kier molecular flexibility index (Phi) is 3.82. The highest BCUT2D eigenvalue weighted by Crippen LogP contribution is 2.29. The first-order chi connectivity index (χ1) is 10.9. The minimum atomic E-state index is -0.491. The van der Waals surface area contributed by atoms with Crippen molar-refractivity contribution in [3.05, 3.63) is 78.6 Å². The van der Waals surface area contributed by atoms with Crippen molar-refractivity contribution in [1.29, 1.82) is 0 Å². The van der Waals surface area contributed by atoms with Crippen LogP contribution < -0.4 is 16.2 Å². The van der Waals surface area contributed by atoms with Crippen LogP contribution in [-0.2, 0) is 0 Å². The first-order valence-corrected chi connectivity index (χ1v) is 7.70. The van der Waals surface area contributed by atoms with Gasteiger partial charge in [0.1, 0.15) is 5.69 Å². The molecule has 0 bridgehead atoms. The Hall–Kier alpha value is -2.39. The minimum Gasteiger partial charge on any atom is -0.352 e. The fourth-order valence-corrected chi connectivity index (χ4v) is 2.68. The van der Waals surface area contributed by atoms with Crippen molar-refractivity contribution in [2.75, 3.05) is 5.32 Å². The number of rotatable bonds is 3. The molecule has 3 aromatic rings.